The van der Waals surface area contributed by atoms with E-state index in [4.69, 9.17) is 28.3 Å². The number of sulfonamides is 1. The number of anilines is 1. The first-order valence-electron chi connectivity index (χ1n) is 8.44. The van der Waals surface area contributed by atoms with Gasteiger partial charge in [-0.05, 0) is 37.3 Å². The summed E-state index contributed by atoms with van der Waals surface area (Å²) < 4.78 is 22.9. The van der Waals surface area contributed by atoms with E-state index in [0.717, 1.165) is 11.0 Å². The van der Waals surface area contributed by atoms with Gasteiger partial charge in [0.15, 0.2) is 0 Å². The fraction of sp³-hybridized carbons (Fsp3) is 0.167. The van der Waals surface area contributed by atoms with Crippen LogP contribution < -0.4 is 15.8 Å². The summed E-state index contributed by atoms with van der Waals surface area (Å²) in [5.41, 5.74) is -1.01. The predicted octanol–water partition coefficient (Wildman–Crippen LogP) is 2.05. The summed E-state index contributed by atoms with van der Waals surface area (Å²) in [6.07, 6.45) is 0. The fourth-order valence-corrected chi connectivity index (χ4v) is 4.17. The van der Waals surface area contributed by atoms with Gasteiger partial charge in [-0.25, -0.2) is 18.4 Å². The van der Waals surface area contributed by atoms with Crippen molar-refractivity contribution in [3.63, 3.8) is 0 Å². The zero-order valence-corrected chi connectivity index (χ0v) is 17.8. The summed E-state index contributed by atoms with van der Waals surface area (Å²) in [4.78, 5) is 38.2. The third-order valence-electron chi connectivity index (χ3n) is 4.49. The summed E-state index contributed by atoms with van der Waals surface area (Å²) in [7, 11) is -3.96. The van der Waals surface area contributed by atoms with Crippen LogP contribution in [0.5, 0.6) is 0 Å². The number of rotatable bonds is 5. The van der Waals surface area contributed by atoms with E-state index in [1.807, 2.05) is 0 Å². The van der Waals surface area contributed by atoms with Gasteiger partial charge in [-0.15, -0.1) is 0 Å². The first kappa shape index (κ1) is 22.0. The van der Waals surface area contributed by atoms with Crippen LogP contribution in [0.2, 0.25) is 10.0 Å². The van der Waals surface area contributed by atoms with Gasteiger partial charge in [0.25, 0.3) is 5.91 Å². The summed E-state index contributed by atoms with van der Waals surface area (Å²) in [5.74, 6) is -1.39. The topological polar surface area (TPSA) is 139 Å². The van der Waals surface area contributed by atoms with Crippen molar-refractivity contribution in [2.75, 3.05) is 11.9 Å². The summed E-state index contributed by atoms with van der Waals surface area (Å²) in [6.45, 7) is 0.876. The molecule has 3 rings (SSSR count). The number of nitrogens with zero attached hydrogens (tertiary/aromatic N) is 1. The second-order valence-electron chi connectivity index (χ2n) is 6.69. The van der Waals surface area contributed by atoms with E-state index in [1.165, 1.54) is 43.3 Å². The molecule has 2 aromatic carbocycles. The number of imide groups is 1. The lowest BCUT2D eigenvalue weighted by molar-refractivity contribution is -0.133. The van der Waals surface area contributed by atoms with Crippen LogP contribution >= 0.6 is 23.2 Å². The van der Waals surface area contributed by atoms with Crippen molar-refractivity contribution in [3.05, 3.63) is 58.1 Å². The number of urea groups is 1. The molecule has 30 heavy (non-hydrogen) atoms. The molecular weight excluding hydrogens is 455 g/mol. The van der Waals surface area contributed by atoms with Crippen molar-refractivity contribution in [2.24, 2.45) is 5.14 Å². The molecule has 2 aromatic rings. The molecule has 0 spiro atoms. The van der Waals surface area contributed by atoms with Gasteiger partial charge in [-0.2, -0.15) is 0 Å². The van der Waals surface area contributed by atoms with E-state index in [9.17, 15) is 22.8 Å². The highest BCUT2D eigenvalue weighted by atomic mass is 35.5. The molecule has 0 saturated carbocycles. The average molecular weight is 471 g/mol. The zero-order valence-electron chi connectivity index (χ0n) is 15.5. The maximum Gasteiger partial charge on any atom is 0.325 e. The van der Waals surface area contributed by atoms with E-state index in [-0.39, 0.29) is 15.6 Å². The molecule has 1 aliphatic heterocycles. The summed E-state index contributed by atoms with van der Waals surface area (Å²) in [5, 5.41) is 10.6. The summed E-state index contributed by atoms with van der Waals surface area (Å²) >= 11 is 12.1. The highest BCUT2D eigenvalue weighted by Gasteiger charge is 2.50. The molecule has 4 amide bonds. The summed E-state index contributed by atoms with van der Waals surface area (Å²) in [6, 6.07) is 8.98. The van der Waals surface area contributed by atoms with Crippen molar-refractivity contribution in [2.45, 2.75) is 17.4 Å². The maximum absolute atomic E-state index is 12.9. The Hall–Kier alpha value is -2.66. The second kappa shape index (κ2) is 7.88. The number of nitrogens with two attached hydrogens (primary N) is 1. The van der Waals surface area contributed by atoms with Crippen molar-refractivity contribution in [1.82, 2.24) is 10.2 Å². The van der Waals surface area contributed by atoms with Gasteiger partial charge in [-0.1, -0.05) is 35.3 Å². The molecule has 0 radical (unpaired) electrons. The van der Waals surface area contributed by atoms with Crippen LogP contribution in [0, 0.1) is 0 Å². The monoisotopic (exact) mass is 470 g/mol. The molecule has 0 unspecified atom stereocenters. The van der Waals surface area contributed by atoms with Crippen LogP contribution in [-0.4, -0.2) is 37.7 Å². The van der Waals surface area contributed by atoms with Gasteiger partial charge in [0.05, 0.1) is 4.90 Å². The van der Waals surface area contributed by atoms with Crippen LogP contribution in [-0.2, 0) is 25.2 Å². The Morgan fingerprint density at radius 2 is 1.90 bits per heavy atom. The highest BCUT2D eigenvalue weighted by Crippen LogP contribution is 2.34. The normalized spacial score (nSPS) is 19.0. The molecule has 0 aliphatic carbocycles. The van der Waals surface area contributed by atoms with Gasteiger partial charge in [-0.3, -0.25) is 14.5 Å². The van der Waals surface area contributed by atoms with Gasteiger partial charge in [0.2, 0.25) is 15.9 Å². The number of carbonyl (C=O) groups is 3. The fourth-order valence-electron chi connectivity index (χ4n) is 3.01. The standard InChI is InChI=1S/C18H16Cl2N4O5S/c1-18(13-6-5-10(19)7-14(13)20)16(26)24(17(27)23-18)9-15(25)22-11-3-2-4-12(8-11)30(21,28)29/h2-8H,9H2,1H3,(H,22,25)(H,23,27)(H2,21,28,29)/t18-/m1/s1. The largest absolute Gasteiger partial charge is 0.325 e. The lowest BCUT2D eigenvalue weighted by Gasteiger charge is -2.23. The Kier molecular flexibility index (Phi) is 5.79. The quantitative estimate of drug-likeness (QED) is 0.573. The molecule has 158 valence electrons. The van der Waals surface area contributed by atoms with Gasteiger partial charge in [0, 0.05) is 21.3 Å². The minimum Gasteiger partial charge on any atom is -0.324 e. The lowest BCUT2D eigenvalue weighted by atomic mass is 9.92. The smallest absolute Gasteiger partial charge is 0.324 e. The first-order valence-corrected chi connectivity index (χ1v) is 10.7. The van der Waals surface area contributed by atoms with E-state index in [2.05, 4.69) is 10.6 Å². The number of nitrogens with one attached hydrogen (secondary N) is 2. The van der Waals surface area contributed by atoms with Crippen molar-refractivity contribution >= 4 is 56.8 Å². The van der Waals surface area contributed by atoms with Crippen molar-refractivity contribution in [1.29, 1.82) is 0 Å². The molecule has 1 fully saturated rings. The average Bonchev–Trinajstić information content (AvgIpc) is 2.85. The molecule has 0 aromatic heterocycles. The van der Waals surface area contributed by atoms with Crippen molar-refractivity contribution < 1.29 is 22.8 Å². The molecule has 1 atom stereocenters. The lowest BCUT2D eigenvalue weighted by Crippen LogP contribution is -2.42. The minimum atomic E-state index is -3.96. The maximum atomic E-state index is 12.9. The van der Waals surface area contributed by atoms with Crippen LogP contribution in [0.15, 0.2) is 47.4 Å². The molecule has 1 saturated heterocycles. The van der Waals surface area contributed by atoms with E-state index >= 15 is 0 Å². The van der Waals surface area contributed by atoms with Crippen LogP contribution in [0.1, 0.15) is 12.5 Å². The molecule has 4 N–H and O–H groups in total. The Morgan fingerprint density at radius 1 is 1.20 bits per heavy atom. The van der Waals surface area contributed by atoms with Gasteiger partial charge in [0.1, 0.15) is 12.1 Å². The predicted molar refractivity (Wildman–Crippen MR) is 111 cm³/mol. The number of hydrogen-bond acceptors (Lipinski definition) is 5. The number of hydrogen-bond donors (Lipinski definition) is 3. The number of carbonyl (C=O) groups excluding carboxylic acids is 3. The molecule has 1 aliphatic rings. The number of benzene rings is 2. The third-order valence-corrected chi connectivity index (χ3v) is 5.95. The Balaban J connectivity index is 1.78. The Bertz CT molecular complexity index is 1170. The van der Waals surface area contributed by atoms with E-state index in [0.29, 0.717) is 10.6 Å². The molecule has 1 heterocycles. The zero-order chi connectivity index (χ0) is 22.3. The van der Waals surface area contributed by atoms with E-state index in [1.54, 1.807) is 0 Å². The van der Waals surface area contributed by atoms with Gasteiger partial charge >= 0.3 is 6.03 Å². The molecule has 0 bridgehead atoms. The highest BCUT2D eigenvalue weighted by molar-refractivity contribution is 7.89. The van der Waals surface area contributed by atoms with Crippen LogP contribution in [0.3, 0.4) is 0 Å². The SMILES string of the molecule is C[C@]1(c2ccc(Cl)cc2Cl)NC(=O)N(CC(=O)Nc2cccc(S(N)(=O)=O)c2)C1=O. The number of halogens is 2. The molecular formula is C18H16Cl2N4O5S. The molecule has 12 heteroatoms. The minimum absolute atomic E-state index is 0.141. The molecule has 9 nitrogen and oxygen atoms in total. The van der Waals surface area contributed by atoms with E-state index < -0.39 is 40.0 Å². The Labute approximate surface area is 182 Å². The Morgan fingerprint density at radius 3 is 2.53 bits per heavy atom. The third kappa shape index (κ3) is 4.26. The van der Waals surface area contributed by atoms with Crippen molar-refractivity contribution in [3.8, 4) is 0 Å². The van der Waals surface area contributed by atoms with Gasteiger partial charge < -0.3 is 10.6 Å². The first-order chi connectivity index (χ1) is 13.9. The van der Waals surface area contributed by atoms with Crippen LogP contribution in [0.4, 0.5) is 10.5 Å². The number of amides is 4. The second-order valence-corrected chi connectivity index (χ2v) is 9.10. The number of primary sulfonamides is 1. The van der Waals surface area contributed by atoms with Crippen LogP contribution in [0.25, 0.3) is 0 Å².